The first-order valence-corrected chi connectivity index (χ1v) is 6.07. The number of methoxy groups -OCH3 is 1. The van der Waals surface area contributed by atoms with E-state index in [2.05, 4.69) is 54.6 Å². The normalized spacial score (nSPS) is 22.2. The van der Waals surface area contributed by atoms with E-state index >= 15 is 0 Å². The van der Waals surface area contributed by atoms with Crippen LogP contribution in [0.3, 0.4) is 0 Å². The van der Waals surface area contributed by atoms with Crippen LogP contribution in [0, 0.1) is 0 Å². The van der Waals surface area contributed by atoms with Crippen LogP contribution in [-0.4, -0.2) is 7.11 Å². The molecule has 1 saturated carbocycles. The second kappa shape index (κ2) is 4.25. The Balaban J connectivity index is 1.76. The molecule has 0 amide bonds. The van der Waals surface area contributed by atoms with Crippen molar-refractivity contribution in [3.05, 3.63) is 65.7 Å². The third kappa shape index (κ3) is 2.05. The standard InChI is InChI=1S/C16H16O/c1-17-14-9-7-13(8-10-14)16-11-15(16)12-5-3-2-4-6-12/h2-10,15-16H,11H2,1H3/t15-,16+/m1/s1. The van der Waals surface area contributed by atoms with E-state index < -0.39 is 0 Å². The van der Waals surface area contributed by atoms with Crippen molar-refractivity contribution in [1.29, 1.82) is 0 Å². The Labute approximate surface area is 102 Å². The lowest BCUT2D eigenvalue weighted by Crippen LogP contribution is -1.86. The summed E-state index contributed by atoms with van der Waals surface area (Å²) in [7, 11) is 1.71. The zero-order chi connectivity index (χ0) is 11.7. The van der Waals surface area contributed by atoms with Gasteiger partial charge in [-0.15, -0.1) is 0 Å². The molecule has 1 nitrogen and oxygen atoms in total. The van der Waals surface area contributed by atoms with Crippen LogP contribution in [-0.2, 0) is 0 Å². The second-order valence-electron chi connectivity index (χ2n) is 4.63. The monoisotopic (exact) mass is 224 g/mol. The predicted molar refractivity (Wildman–Crippen MR) is 69.5 cm³/mol. The Morgan fingerprint density at radius 2 is 1.41 bits per heavy atom. The predicted octanol–water partition coefficient (Wildman–Crippen LogP) is 3.97. The second-order valence-corrected chi connectivity index (χ2v) is 4.63. The lowest BCUT2D eigenvalue weighted by molar-refractivity contribution is 0.414. The van der Waals surface area contributed by atoms with Crippen molar-refractivity contribution >= 4 is 0 Å². The van der Waals surface area contributed by atoms with Crippen molar-refractivity contribution in [1.82, 2.24) is 0 Å². The average Bonchev–Trinajstić information content (AvgIpc) is 3.20. The van der Waals surface area contributed by atoms with Gasteiger partial charge in [-0.3, -0.25) is 0 Å². The third-order valence-corrected chi connectivity index (χ3v) is 3.56. The number of hydrogen-bond acceptors (Lipinski definition) is 1. The maximum Gasteiger partial charge on any atom is 0.118 e. The van der Waals surface area contributed by atoms with E-state index in [1.54, 1.807) is 7.11 Å². The topological polar surface area (TPSA) is 9.23 Å². The summed E-state index contributed by atoms with van der Waals surface area (Å²) in [5.74, 6) is 2.35. The van der Waals surface area contributed by atoms with Crippen LogP contribution in [0.4, 0.5) is 0 Å². The molecule has 0 spiro atoms. The molecular formula is C16H16O. The lowest BCUT2D eigenvalue weighted by atomic mass is 10.0. The van der Waals surface area contributed by atoms with Crippen LogP contribution in [0.15, 0.2) is 54.6 Å². The van der Waals surface area contributed by atoms with Gasteiger partial charge >= 0.3 is 0 Å². The first-order chi connectivity index (χ1) is 8.38. The maximum atomic E-state index is 5.18. The Bertz CT molecular complexity index is 487. The Morgan fingerprint density at radius 1 is 0.824 bits per heavy atom. The van der Waals surface area contributed by atoms with Gasteiger partial charge in [0.25, 0.3) is 0 Å². The molecule has 0 saturated heterocycles. The fraction of sp³-hybridized carbons (Fsp3) is 0.250. The zero-order valence-corrected chi connectivity index (χ0v) is 9.97. The van der Waals surface area contributed by atoms with Crippen molar-refractivity contribution in [2.45, 2.75) is 18.3 Å². The quantitative estimate of drug-likeness (QED) is 0.766. The van der Waals surface area contributed by atoms with Gasteiger partial charge in [-0.2, -0.15) is 0 Å². The summed E-state index contributed by atoms with van der Waals surface area (Å²) in [6, 6.07) is 19.3. The number of ether oxygens (including phenoxy) is 1. The average molecular weight is 224 g/mol. The molecule has 0 bridgehead atoms. The van der Waals surface area contributed by atoms with Gasteiger partial charge in [0.05, 0.1) is 7.11 Å². The summed E-state index contributed by atoms with van der Waals surface area (Å²) in [6.45, 7) is 0. The molecule has 17 heavy (non-hydrogen) atoms. The van der Waals surface area contributed by atoms with Crippen LogP contribution >= 0.6 is 0 Å². The fourth-order valence-electron chi connectivity index (χ4n) is 2.48. The Morgan fingerprint density at radius 3 is 2.00 bits per heavy atom. The van der Waals surface area contributed by atoms with E-state index in [4.69, 9.17) is 4.74 Å². The summed E-state index contributed by atoms with van der Waals surface area (Å²) >= 11 is 0. The molecule has 0 aliphatic heterocycles. The molecule has 2 aromatic rings. The number of benzene rings is 2. The van der Waals surface area contributed by atoms with Crippen LogP contribution in [0.25, 0.3) is 0 Å². The number of rotatable bonds is 3. The van der Waals surface area contributed by atoms with Crippen LogP contribution in [0.5, 0.6) is 5.75 Å². The Hall–Kier alpha value is -1.76. The molecule has 1 aliphatic carbocycles. The third-order valence-electron chi connectivity index (χ3n) is 3.56. The highest BCUT2D eigenvalue weighted by atomic mass is 16.5. The van der Waals surface area contributed by atoms with Crippen LogP contribution < -0.4 is 4.74 Å². The smallest absolute Gasteiger partial charge is 0.118 e. The number of hydrogen-bond donors (Lipinski definition) is 0. The maximum absolute atomic E-state index is 5.18. The van der Waals surface area contributed by atoms with Crippen molar-refractivity contribution < 1.29 is 4.74 Å². The van der Waals surface area contributed by atoms with Gasteiger partial charge in [0.2, 0.25) is 0 Å². The molecule has 1 aliphatic rings. The molecule has 86 valence electrons. The summed E-state index contributed by atoms with van der Waals surface area (Å²) in [5, 5.41) is 0. The molecule has 3 rings (SSSR count). The molecule has 2 aromatic carbocycles. The summed E-state index contributed by atoms with van der Waals surface area (Å²) in [5.41, 5.74) is 2.90. The van der Waals surface area contributed by atoms with Gasteiger partial charge in [-0.25, -0.2) is 0 Å². The minimum atomic E-state index is 0.698. The molecule has 0 heterocycles. The SMILES string of the molecule is COc1ccc([C@@H]2C[C@@H]2c2ccccc2)cc1. The van der Waals surface area contributed by atoms with Crippen LogP contribution in [0.2, 0.25) is 0 Å². The van der Waals surface area contributed by atoms with Gasteiger partial charge < -0.3 is 4.74 Å². The molecular weight excluding hydrogens is 208 g/mol. The molecule has 0 unspecified atom stereocenters. The molecule has 1 fully saturated rings. The first kappa shape index (κ1) is 10.4. The molecule has 0 radical (unpaired) electrons. The minimum Gasteiger partial charge on any atom is -0.497 e. The van der Waals surface area contributed by atoms with E-state index in [9.17, 15) is 0 Å². The summed E-state index contributed by atoms with van der Waals surface area (Å²) in [6.07, 6.45) is 1.27. The molecule has 1 heteroatoms. The van der Waals surface area contributed by atoms with Gasteiger partial charge in [0, 0.05) is 0 Å². The Kier molecular flexibility index (Phi) is 2.60. The lowest BCUT2D eigenvalue weighted by Gasteiger charge is -2.03. The molecule has 0 N–H and O–H groups in total. The van der Waals surface area contributed by atoms with E-state index in [-0.39, 0.29) is 0 Å². The first-order valence-electron chi connectivity index (χ1n) is 6.07. The van der Waals surface area contributed by atoms with Gasteiger partial charge in [0.1, 0.15) is 5.75 Å². The van der Waals surface area contributed by atoms with E-state index in [1.165, 1.54) is 17.5 Å². The summed E-state index contributed by atoms with van der Waals surface area (Å²) < 4.78 is 5.18. The highest BCUT2D eigenvalue weighted by molar-refractivity contribution is 5.38. The zero-order valence-electron chi connectivity index (χ0n) is 9.97. The van der Waals surface area contributed by atoms with Crippen LogP contribution in [0.1, 0.15) is 29.4 Å². The molecule has 0 aromatic heterocycles. The van der Waals surface area contributed by atoms with E-state index in [0.717, 1.165) is 5.75 Å². The van der Waals surface area contributed by atoms with Crippen molar-refractivity contribution in [2.75, 3.05) is 7.11 Å². The highest BCUT2D eigenvalue weighted by Gasteiger charge is 2.39. The van der Waals surface area contributed by atoms with Crippen molar-refractivity contribution in [3.63, 3.8) is 0 Å². The van der Waals surface area contributed by atoms with Crippen molar-refractivity contribution in [3.8, 4) is 5.75 Å². The van der Waals surface area contributed by atoms with E-state index in [1.807, 2.05) is 0 Å². The fourth-order valence-corrected chi connectivity index (χ4v) is 2.48. The highest BCUT2D eigenvalue weighted by Crippen LogP contribution is 2.54. The van der Waals surface area contributed by atoms with Crippen molar-refractivity contribution in [2.24, 2.45) is 0 Å². The van der Waals surface area contributed by atoms with Gasteiger partial charge in [0.15, 0.2) is 0 Å². The summed E-state index contributed by atoms with van der Waals surface area (Å²) in [4.78, 5) is 0. The largest absolute Gasteiger partial charge is 0.497 e. The van der Waals surface area contributed by atoms with Gasteiger partial charge in [-0.1, -0.05) is 42.5 Å². The molecule has 2 atom stereocenters. The minimum absolute atomic E-state index is 0.698. The van der Waals surface area contributed by atoms with E-state index in [0.29, 0.717) is 11.8 Å². The van der Waals surface area contributed by atoms with Gasteiger partial charge in [-0.05, 0) is 41.5 Å².